The molecule has 0 aromatic heterocycles. The smallest absolute Gasteiger partial charge is 0.338 e. The van der Waals surface area contributed by atoms with Crippen molar-refractivity contribution in [1.82, 2.24) is 4.90 Å². The third-order valence-electron chi connectivity index (χ3n) is 3.95. The van der Waals surface area contributed by atoms with Gasteiger partial charge in [0.1, 0.15) is 0 Å². The SMILES string of the molecule is C[C@H]1CN(C(=O)COC(=O)c2ccc3c(c2)NC(=O)CS3)C[C@H](C)O1. The van der Waals surface area contributed by atoms with Crippen LogP contribution in [0.3, 0.4) is 0 Å². The minimum absolute atomic E-state index is 0.0369. The molecule has 134 valence electrons. The second-order valence-electron chi connectivity index (χ2n) is 6.18. The quantitative estimate of drug-likeness (QED) is 0.819. The number of benzene rings is 1. The fourth-order valence-electron chi connectivity index (χ4n) is 2.89. The molecule has 8 heteroatoms. The normalized spacial score (nSPS) is 22.8. The van der Waals surface area contributed by atoms with Gasteiger partial charge in [-0.05, 0) is 32.0 Å². The summed E-state index contributed by atoms with van der Waals surface area (Å²) < 4.78 is 10.7. The van der Waals surface area contributed by atoms with E-state index in [4.69, 9.17) is 9.47 Å². The van der Waals surface area contributed by atoms with Crippen molar-refractivity contribution in [3.8, 4) is 0 Å². The monoisotopic (exact) mass is 364 g/mol. The molecule has 1 aromatic carbocycles. The van der Waals surface area contributed by atoms with E-state index >= 15 is 0 Å². The number of anilines is 1. The van der Waals surface area contributed by atoms with Crippen molar-refractivity contribution in [2.45, 2.75) is 31.0 Å². The second-order valence-corrected chi connectivity index (χ2v) is 7.20. The molecule has 2 aliphatic heterocycles. The minimum Gasteiger partial charge on any atom is -0.452 e. The van der Waals surface area contributed by atoms with E-state index in [2.05, 4.69) is 5.32 Å². The zero-order valence-corrected chi connectivity index (χ0v) is 14.9. The van der Waals surface area contributed by atoms with Crippen LogP contribution < -0.4 is 5.32 Å². The Morgan fingerprint density at radius 3 is 2.76 bits per heavy atom. The average Bonchev–Trinajstić information content (AvgIpc) is 2.57. The molecule has 0 unspecified atom stereocenters. The predicted octanol–water partition coefficient (Wildman–Crippen LogP) is 1.52. The lowest BCUT2D eigenvalue weighted by molar-refractivity contribution is -0.146. The summed E-state index contributed by atoms with van der Waals surface area (Å²) in [6, 6.07) is 4.98. The number of nitrogens with one attached hydrogen (secondary N) is 1. The number of hydrogen-bond donors (Lipinski definition) is 1. The van der Waals surface area contributed by atoms with Crippen LogP contribution in [0.2, 0.25) is 0 Å². The molecule has 0 aliphatic carbocycles. The number of esters is 1. The lowest BCUT2D eigenvalue weighted by Crippen LogP contribution is -2.49. The molecular weight excluding hydrogens is 344 g/mol. The van der Waals surface area contributed by atoms with Crippen molar-refractivity contribution >= 4 is 35.2 Å². The van der Waals surface area contributed by atoms with E-state index in [1.807, 2.05) is 13.8 Å². The number of ether oxygens (including phenoxy) is 2. The molecule has 7 nitrogen and oxygen atoms in total. The Bertz CT molecular complexity index is 698. The number of morpholine rings is 1. The Balaban J connectivity index is 1.58. The van der Waals surface area contributed by atoms with E-state index in [0.717, 1.165) is 4.90 Å². The third kappa shape index (κ3) is 4.32. The van der Waals surface area contributed by atoms with Gasteiger partial charge in [-0.1, -0.05) is 0 Å². The number of fused-ring (bicyclic) bond motifs is 1. The molecule has 0 spiro atoms. The molecule has 1 aromatic rings. The van der Waals surface area contributed by atoms with Gasteiger partial charge < -0.3 is 19.7 Å². The summed E-state index contributed by atoms with van der Waals surface area (Å²) >= 11 is 1.42. The Kier molecular flexibility index (Phi) is 5.29. The van der Waals surface area contributed by atoms with E-state index < -0.39 is 5.97 Å². The van der Waals surface area contributed by atoms with Crippen LogP contribution in [0, 0.1) is 0 Å². The topological polar surface area (TPSA) is 84.9 Å². The van der Waals surface area contributed by atoms with Crippen LogP contribution in [0.1, 0.15) is 24.2 Å². The molecule has 0 bridgehead atoms. The Morgan fingerprint density at radius 2 is 2.04 bits per heavy atom. The van der Waals surface area contributed by atoms with E-state index in [-0.39, 0.29) is 30.6 Å². The van der Waals surface area contributed by atoms with E-state index in [1.54, 1.807) is 23.1 Å². The summed E-state index contributed by atoms with van der Waals surface area (Å²) in [5.74, 6) is -0.567. The first kappa shape index (κ1) is 17.8. The van der Waals surface area contributed by atoms with E-state index in [9.17, 15) is 14.4 Å². The lowest BCUT2D eigenvalue weighted by atomic mass is 10.2. The molecule has 1 saturated heterocycles. The summed E-state index contributed by atoms with van der Waals surface area (Å²) in [6.45, 7) is 4.48. The highest BCUT2D eigenvalue weighted by Crippen LogP contribution is 2.32. The molecule has 2 heterocycles. The molecule has 1 fully saturated rings. The van der Waals surface area contributed by atoms with Crippen molar-refractivity contribution in [2.75, 3.05) is 30.8 Å². The lowest BCUT2D eigenvalue weighted by Gasteiger charge is -2.35. The second kappa shape index (κ2) is 7.45. The van der Waals surface area contributed by atoms with Crippen LogP contribution in [-0.4, -0.2) is 60.3 Å². The first-order chi connectivity index (χ1) is 11.9. The molecule has 2 aliphatic rings. The molecule has 1 N–H and O–H groups in total. The summed E-state index contributed by atoms with van der Waals surface area (Å²) in [6.07, 6.45) is -0.0738. The van der Waals surface area contributed by atoms with Gasteiger partial charge in [0.2, 0.25) is 5.91 Å². The van der Waals surface area contributed by atoms with Gasteiger partial charge in [-0.15, -0.1) is 11.8 Å². The van der Waals surface area contributed by atoms with Crippen molar-refractivity contribution in [3.05, 3.63) is 23.8 Å². The Labute approximate surface area is 150 Å². The number of carbonyl (C=O) groups is 3. The molecular formula is C17H20N2O5S. The van der Waals surface area contributed by atoms with Crippen LogP contribution in [0.5, 0.6) is 0 Å². The summed E-state index contributed by atoms with van der Waals surface area (Å²) in [7, 11) is 0. The largest absolute Gasteiger partial charge is 0.452 e. The van der Waals surface area contributed by atoms with Crippen LogP contribution in [0.25, 0.3) is 0 Å². The number of carbonyl (C=O) groups excluding carboxylic acids is 3. The molecule has 0 radical (unpaired) electrons. The van der Waals surface area contributed by atoms with Crippen LogP contribution in [-0.2, 0) is 19.1 Å². The van der Waals surface area contributed by atoms with E-state index in [0.29, 0.717) is 30.1 Å². The maximum absolute atomic E-state index is 12.2. The highest BCUT2D eigenvalue weighted by Gasteiger charge is 2.26. The number of hydrogen-bond acceptors (Lipinski definition) is 6. The standard InChI is InChI=1S/C17H20N2O5S/c1-10-6-19(7-11(2)24-10)16(21)8-23-17(22)12-3-4-14-13(5-12)18-15(20)9-25-14/h3-5,10-11H,6-9H2,1-2H3,(H,18,20)/t10-,11-/m0/s1. The third-order valence-corrected chi connectivity index (χ3v) is 5.02. The van der Waals surface area contributed by atoms with Gasteiger partial charge >= 0.3 is 5.97 Å². The van der Waals surface area contributed by atoms with Crippen LogP contribution in [0.4, 0.5) is 5.69 Å². The van der Waals surface area contributed by atoms with Gasteiger partial charge in [-0.3, -0.25) is 9.59 Å². The van der Waals surface area contributed by atoms with Crippen molar-refractivity contribution in [1.29, 1.82) is 0 Å². The average molecular weight is 364 g/mol. The highest BCUT2D eigenvalue weighted by atomic mass is 32.2. The van der Waals surface area contributed by atoms with Crippen molar-refractivity contribution in [3.63, 3.8) is 0 Å². The zero-order valence-electron chi connectivity index (χ0n) is 14.1. The fourth-order valence-corrected chi connectivity index (χ4v) is 3.68. The molecule has 0 saturated carbocycles. The Morgan fingerprint density at radius 1 is 1.32 bits per heavy atom. The molecule has 3 rings (SSSR count). The molecule has 2 atom stereocenters. The fraction of sp³-hybridized carbons (Fsp3) is 0.471. The van der Waals surface area contributed by atoms with Gasteiger partial charge in [0.05, 0.1) is 29.2 Å². The van der Waals surface area contributed by atoms with Gasteiger partial charge in [0.25, 0.3) is 5.91 Å². The Hall–Kier alpha value is -2.06. The van der Waals surface area contributed by atoms with Gasteiger partial charge in [0.15, 0.2) is 6.61 Å². The summed E-state index contributed by atoms with van der Waals surface area (Å²) in [5.41, 5.74) is 0.899. The summed E-state index contributed by atoms with van der Waals surface area (Å²) in [4.78, 5) is 38.4. The number of thioether (sulfide) groups is 1. The molecule has 2 amide bonds. The van der Waals surface area contributed by atoms with Gasteiger partial charge in [-0.2, -0.15) is 0 Å². The maximum atomic E-state index is 12.2. The number of rotatable bonds is 3. The van der Waals surface area contributed by atoms with Crippen LogP contribution in [0.15, 0.2) is 23.1 Å². The maximum Gasteiger partial charge on any atom is 0.338 e. The number of nitrogens with zero attached hydrogens (tertiary/aromatic N) is 1. The first-order valence-corrected chi connectivity index (χ1v) is 9.08. The van der Waals surface area contributed by atoms with E-state index in [1.165, 1.54) is 11.8 Å². The first-order valence-electron chi connectivity index (χ1n) is 8.09. The van der Waals surface area contributed by atoms with Crippen LogP contribution >= 0.6 is 11.8 Å². The zero-order chi connectivity index (χ0) is 18.0. The van der Waals surface area contributed by atoms with Crippen molar-refractivity contribution in [2.24, 2.45) is 0 Å². The highest BCUT2D eigenvalue weighted by molar-refractivity contribution is 8.00. The predicted molar refractivity (Wildman–Crippen MR) is 92.7 cm³/mol. The molecule has 25 heavy (non-hydrogen) atoms. The van der Waals surface area contributed by atoms with Crippen molar-refractivity contribution < 1.29 is 23.9 Å². The minimum atomic E-state index is -0.588. The summed E-state index contributed by atoms with van der Waals surface area (Å²) in [5, 5.41) is 2.72. The van der Waals surface area contributed by atoms with Gasteiger partial charge in [-0.25, -0.2) is 4.79 Å². The number of amides is 2. The van der Waals surface area contributed by atoms with Gasteiger partial charge in [0, 0.05) is 18.0 Å².